The molecule has 0 aliphatic carbocycles. The van der Waals surface area contributed by atoms with E-state index >= 15 is 0 Å². The van der Waals surface area contributed by atoms with Crippen molar-refractivity contribution in [2.24, 2.45) is 11.8 Å². The van der Waals surface area contributed by atoms with Crippen molar-refractivity contribution in [1.82, 2.24) is 0 Å². The van der Waals surface area contributed by atoms with Crippen molar-refractivity contribution in [1.29, 1.82) is 0 Å². The highest BCUT2D eigenvalue weighted by atomic mass is 16.9. The number of hydrogen-bond acceptors (Lipinski definition) is 8. The van der Waals surface area contributed by atoms with E-state index in [2.05, 4.69) is 32.9 Å². The molecule has 3 atom stereocenters. The number of methoxy groups -OCH3 is 1. The van der Waals surface area contributed by atoms with Crippen LogP contribution in [0.15, 0.2) is 12.2 Å². The summed E-state index contributed by atoms with van der Waals surface area (Å²) in [6.45, 7) is 25.2. The summed E-state index contributed by atoms with van der Waals surface area (Å²) in [5, 5.41) is 0. The van der Waals surface area contributed by atoms with E-state index in [1.807, 2.05) is 48.5 Å². The molecule has 0 aromatic heterocycles. The first-order valence-corrected chi connectivity index (χ1v) is 20.4. The Bertz CT molecular complexity index is 654. The van der Waals surface area contributed by atoms with E-state index < -0.39 is 11.9 Å². The average Bonchev–Trinajstić information content (AvgIpc) is 3.08. The van der Waals surface area contributed by atoms with Crippen LogP contribution in [0.4, 0.5) is 0 Å². The standard InChI is InChI=1S/C23H46O4.C18H38O4/c1-7-12-13-14-15-18-21(17-8-2)22(19-16-20-24-6)23(25-9-3,26-10-4)27-11-5;1-6-11-12-13-14-15-16-17(19-7-2)18(20-8-3,21-9-4)22-10-5/h8,17,21-22H,7,9-16,18-20H2,1-6H3;17H,6-16H2,1-5H3. The summed E-state index contributed by atoms with van der Waals surface area (Å²) < 4.78 is 47.3. The Morgan fingerprint density at radius 2 is 0.898 bits per heavy atom. The van der Waals surface area contributed by atoms with Gasteiger partial charge in [0.2, 0.25) is 0 Å². The fourth-order valence-electron chi connectivity index (χ4n) is 6.49. The normalized spacial score (nSPS) is 14.2. The van der Waals surface area contributed by atoms with Gasteiger partial charge >= 0.3 is 5.97 Å². The Kier molecular flexibility index (Phi) is 36.9. The molecule has 0 spiro atoms. The van der Waals surface area contributed by atoms with Crippen LogP contribution in [0, 0.1) is 11.8 Å². The predicted molar refractivity (Wildman–Crippen MR) is 205 cm³/mol. The Morgan fingerprint density at radius 1 is 0.469 bits per heavy atom. The van der Waals surface area contributed by atoms with E-state index in [9.17, 15) is 0 Å². The van der Waals surface area contributed by atoms with Gasteiger partial charge in [0.25, 0.3) is 5.97 Å². The third kappa shape index (κ3) is 22.9. The molecule has 0 aromatic carbocycles. The zero-order valence-corrected chi connectivity index (χ0v) is 34.4. The quantitative estimate of drug-likeness (QED) is 0.0367. The molecule has 0 bridgehead atoms. The molecular formula is C41H84O8. The van der Waals surface area contributed by atoms with Crippen molar-refractivity contribution in [3.05, 3.63) is 12.2 Å². The lowest BCUT2D eigenvalue weighted by molar-refractivity contribution is -0.415. The van der Waals surface area contributed by atoms with Crippen LogP contribution in [0.5, 0.6) is 0 Å². The molecule has 49 heavy (non-hydrogen) atoms. The third-order valence-corrected chi connectivity index (χ3v) is 8.57. The molecule has 0 saturated heterocycles. The lowest BCUT2D eigenvalue weighted by Crippen LogP contribution is -2.51. The number of hydrogen-bond donors (Lipinski definition) is 0. The summed E-state index contributed by atoms with van der Waals surface area (Å²) in [4.78, 5) is 0. The molecule has 3 unspecified atom stereocenters. The van der Waals surface area contributed by atoms with Gasteiger partial charge in [-0.3, -0.25) is 0 Å². The molecule has 0 saturated carbocycles. The average molecular weight is 705 g/mol. The molecule has 8 nitrogen and oxygen atoms in total. The van der Waals surface area contributed by atoms with Gasteiger partial charge in [-0.15, -0.1) is 0 Å². The van der Waals surface area contributed by atoms with Gasteiger partial charge in [-0.05, 0) is 87.0 Å². The predicted octanol–water partition coefficient (Wildman–Crippen LogP) is 11.3. The number of allylic oxidation sites excluding steroid dienone is 2. The second kappa shape index (κ2) is 35.8. The van der Waals surface area contributed by atoms with Crippen LogP contribution in [0.2, 0.25) is 0 Å². The van der Waals surface area contributed by atoms with Crippen molar-refractivity contribution in [2.75, 3.05) is 60.0 Å². The fraction of sp³-hybridized carbons (Fsp3) is 0.951. The lowest BCUT2D eigenvalue weighted by atomic mass is 9.82. The molecule has 0 aliphatic rings. The van der Waals surface area contributed by atoms with Gasteiger partial charge in [-0.1, -0.05) is 96.6 Å². The lowest BCUT2D eigenvalue weighted by Gasteiger charge is -2.42. The molecule has 0 rings (SSSR count). The van der Waals surface area contributed by atoms with Crippen molar-refractivity contribution in [2.45, 2.75) is 184 Å². The highest BCUT2D eigenvalue weighted by Gasteiger charge is 2.45. The van der Waals surface area contributed by atoms with Crippen molar-refractivity contribution >= 4 is 0 Å². The largest absolute Gasteiger partial charge is 0.385 e. The zero-order valence-electron chi connectivity index (χ0n) is 34.4. The minimum atomic E-state index is -1.06. The molecule has 8 heteroatoms. The summed E-state index contributed by atoms with van der Waals surface area (Å²) >= 11 is 0. The van der Waals surface area contributed by atoms with Gasteiger partial charge in [0.1, 0.15) is 6.10 Å². The molecule has 0 heterocycles. The smallest absolute Gasteiger partial charge is 0.310 e. The van der Waals surface area contributed by atoms with E-state index in [0.29, 0.717) is 52.2 Å². The van der Waals surface area contributed by atoms with E-state index in [0.717, 1.165) is 38.7 Å². The second-order valence-corrected chi connectivity index (χ2v) is 12.4. The molecule has 0 amide bonds. The molecule has 0 aliphatic heterocycles. The maximum Gasteiger partial charge on any atom is 0.310 e. The minimum absolute atomic E-state index is 0.148. The first-order chi connectivity index (χ1) is 23.9. The number of rotatable bonds is 35. The Balaban J connectivity index is 0. The third-order valence-electron chi connectivity index (χ3n) is 8.57. The maximum atomic E-state index is 6.16. The highest BCUT2D eigenvalue weighted by Crippen LogP contribution is 2.38. The summed E-state index contributed by atoms with van der Waals surface area (Å²) in [5.41, 5.74) is 0. The van der Waals surface area contributed by atoms with Gasteiger partial charge in [-0.2, -0.15) is 0 Å². The van der Waals surface area contributed by atoms with E-state index in [4.69, 9.17) is 37.9 Å². The number of unbranched alkanes of at least 4 members (excludes halogenated alkanes) is 9. The molecular weight excluding hydrogens is 620 g/mol. The van der Waals surface area contributed by atoms with Crippen LogP contribution in [-0.2, 0) is 37.9 Å². The fourth-order valence-corrected chi connectivity index (χ4v) is 6.49. The highest BCUT2D eigenvalue weighted by molar-refractivity contribution is 4.93. The van der Waals surface area contributed by atoms with Crippen molar-refractivity contribution < 1.29 is 37.9 Å². The van der Waals surface area contributed by atoms with Crippen LogP contribution in [0.3, 0.4) is 0 Å². The monoisotopic (exact) mass is 705 g/mol. The molecule has 0 N–H and O–H groups in total. The van der Waals surface area contributed by atoms with Gasteiger partial charge in [0.15, 0.2) is 0 Å². The summed E-state index contributed by atoms with van der Waals surface area (Å²) in [6.07, 6.45) is 22.3. The first kappa shape index (κ1) is 50.5. The number of ether oxygens (including phenoxy) is 8. The van der Waals surface area contributed by atoms with E-state index in [1.165, 1.54) is 64.2 Å². The maximum absolute atomic E-state index is 6.16. The molecule has 0 aromatic rings. The van der Waals surface area contributed by atoms with E-state index in [-0.39, 0.29) is 12.0 Å². The Hall–Kier alpha value is -0.580. The van der Waals surface area contributed by atoms with Gasteiger partial charge < -0.3 is 37.9 Å². The van der Waals surface area contributed by atoms with Crippen LogP contribution in [0.1, 0.15) is 166 Å². The van der Waals surface area contributed by atoms with Crippen LogP contribution in [0.25, 0.3) is 0 Å². The van der Waals surface area contributed by atoms with Crippen molar-refractivity contribution in [3.8, 4) is 0 Å². The SMILES string of the molecule is CC=CC(CCCCCCC)C(CCCOC)C(OCC)(OCC)OCC.CCCCCCCCC(OCC)C(OCC)(OCC)OCC. The topological polar surface area (TPSA) is 73.8 Å². The summed E-state index contributed by atoms with van der Waals surface area (Å²) in [5.74, 6) is -1.51. The minimum Gasteiger partial charge on any atom is -0.385 e. The van der Waals surface area contributed by atoms with E-state index in [1.54, 1.807) is 7.11 Å². The zero-order chi connectivity index (χ0) is 37.1. The van der Waals surface area contributed by atoms with Crippen LogP contribution < -0.4 is 0 Å². The molecule has 0 fully saturated rings. The van der Waals surface area contributed by atoms with Crippen molar-refractivity contribution in [3.63, 3.8) is 0 Å². The molecule has 0 radical (unpaired) electrons. The Labute approximate surface area is 305 Å². The van der Waals surface area contributed by atoms with Gasteiger partial charge in [0, 0.05) is 65.9 Å². The second-order valence-electron chi connectivity index (χ2n) is 12.4. The first-order valence-electron chi connectivity index (χ1n) is 20.4. The van der Waals surface area contributed by atoms with Gasteiger partial charge in [0.05, 0.1) is 0 Å². The summed E-state index contributed by atoms with van der Waals surface area (Å²) in [6, 6.07) is 0. The van der Waals surface area contributed by atoms with Crippen LogP contribution >= 0.6 is 0 Å². The Morgan fingerprint density at radius 3 is 1.31 bits per heavy atom. The molecule has 296 valence electrons. The van der Waals surface area contributed by atoms with Gasteiger partial charge in [-0.25, -0.2) is 0 Å². The van der Waals surface area contributed by atoms with Crippen LogP contribution in [-0.4, -0.2) is 78.0 Å². The summed E-state index contributed by atoms with van der Waals surface area (Å²) in [7, 11) is 1.76.